The van der Waals surface area contributed by atoms with E-state index in [2.05, 4.69) is 27.3 Å². The largest absolute Gasteiger partial charge is 0.490 e. The highest BCUT2D eigenvalue weighted by molar-refractivity contribution is 9.10. The van der Waals surface area contributed by atoms with Gasteiger partial charge in [-0.2, -0.15) is 0 Å². The molecule has 0 radical (unpaired) electrons. The topological polar surface area (TPSA) is 47.6 Å². The second kappa shape index (κ2) is 8.90. The lowest BCUT2D eigenvalue weighted by molar-refractivity contribution is -0.115. The fourth-order valence-electron chi connectivity index (χ4n) is 2.57. The van der Waals surface area contributed by atoms with E-state index >= 15 is 0 Å². The summed E-state index contributed by atoms with van der Waals surface area (Å²) in [5.41, 5.74) is 3.91. The molecule has 4 nitrogen and oxygen atoms in total. The molecule has 2 aromatic rings. The predicted molar refractivity (Wildman–Crippen MR) is 105 cm³/mol. The number of amides is 1. The van der Waals surface area contributed by atoms with Crippen LogP contribution < -0.4 is 14.8 Å². The van der Waals surface area contributed by atoms with Gasteiger partial charge in [-0.1, -0.05) is 33.6 Å². The molecule has 0 aliphatic carbocycles. The number of benzene rings is 2. The average molecular weight is 406 g/mol. The summed E-state index contributed by atoms with van der Waals surface area (Å²) in [6.07, 6.45) is 0.250. The van der Waals surface area contributed by atoms with Gasteiger partial charge in [0.25, 0.3) is 0 Å². The van der Waals surface area contributed by atoms with Crippen molar-refractivity contribution in [3.8, 4) is 11.5 Å². The molecule has 2 aromatic carbocycles. The lowest BCUT2D eigenvalue weighted by Crippen LogP contribution is -2.15. The van der Waals surface area contributed by atoms with Crippen LogP contribution in [0.15, 0.2) is 34.8 Å². The van der Waals surface area contributed by atoms with Gasteiger partial charge in [0.05, 0.1) is 19.6 Å². The first-order chi connectivity index (χ1) is 11.9. The van der Waals surface area contributed by atoms with Gasteiger partial charge in [0, 0.05) is 10.2 Å². The van der Waals surface area contributed by atoms with Crippen LogP contribution in [-0.2, 0) is 11.2 Å². The van der Waals surface area contributed by atoms with E-state index in [1.807, 2.05) is 52.0 Å². The molecule has 5 heteroatoms. The molecule has 0 saturated heterocycles. The molecule has 0 aliphatic rings. The summed E-state index contributed by atoms with van der Waals surface area (Å²) in [6, 6.07) is 9.69. The minimum Gasteiger partial charge on any atom is -0.490 e. The molecule has 0 aromatic heterocycles. The maximum atomic E-state index is 12.4. The second-order valence-electron chi connectivity index (χ2n) is 5.80. The summed E-state index contributed by atoms with van der Waals surface area (Å²) in [5.74, 6) is 1.26. The highest BCUT2D eigenvalue weighted by atomic mass is 79.9. The quantitative estimate of drug-likeness (QED) is 0.701. The smallest absolute Gasteiger partial charge is 0.228 e. The van der Waals surface area contributed by atoms with Gasteiger partial charge in [0.1, 0.15) is 0 Å². The number of aryl methyl sites for hydroxylation is 2. The van der Waals surface area contributed by atoms with Crippen LogP contribution in [0.4, 0.5) is 5.69 Å². The zero-order valence-corrected chi connectivity index (χ0v) is 16.7. The fourth-order valence-corrected chi connectivity index (χ4v) is 3.03. The van der Waals surface area contributed by atoms with Crippen molar-refractivity contribution < 1.29 is 14.3 Å². The molecule has 0 aliphatic heterocycles. The van der Waals surface area contributed by atoms with Crippen molar-refractivity contribution in [2.24, 2.45) is 0 Å². The molecule has 0 fully saturated rings. The molecular formula is C20H24BrNO3. The second-order valence-corrected chi connectivity index (χ2v) is 6.65. The Labute approximate surface area is 157 Å². The molecule has 25 heavy (non-hydrogen) atoms. The van der Waals surface area contributed by atoms with Crippen molar-refractivity contribution in [3.05, 3.63) is 51.5 Å². The highest BCUT2D eigenvalue weighted by Crippen LogP contribution is 2.34. The highest BCUT2D eigenvalue weighted by Gasteiger charge is 2.14. The van der Waals surface area contributed by atoms with Crippen molar-refractivity contribution in [2.45, 2.75) is 34.1 Å². The zero-order valence-electron chi connectivity index (χ0n) is 15.1. The summed E-state index contributed by atoms with van der Waals surface area (Å²) in [5, 5.41) is 2.97. The van der Waals surface area contributed by atoms with E-state index in [-0.39, 0.29) is 12.3 Å². The van der Waals surface area contributed by atoms with E-state index in [0.29, 0.717) is 24.7 Å². The van der Waals surface area contributed by atoms with Crippen molar-refractivity contribution in [2.75, 3.05) is 18.5 Å². The Morgan fingerprint density at radius 3 is 2.28 bits per heavy atom. The predicted octanol–water partition coefficient (Wildman–Crippen LogP) is 5.04. The number of carbonyl (C=O) groups is 1. The first-order valence-electron chi connectivity index (χ1n) is 8.39. The number of rotatable bonds is 7. The SMILES string of the molecule is CCOc1cc(Br)c(CC(=O)Nc2ccc(C)cc2C)cc1OCC. The third-order valence-electron chi connectivity index (χ3n) is 3.72. The summed E-state index contributed by atoms with van der Waals surface area (Å²) in [7, 11) is 0. The molecule has 0 bridgehead atoms. The van der Waals surface area contributed by atoms with Gasteiger partial charge >= 0.3 is 0 Å². The van der Waals surface area contributed by atoms with Crippen LogP contribution in [0.1, 0.15) is 30.5 Å². The number of ether oxygens (including phenoxy) is 2. The Morgan fingerprint density at radius 2 is 1.68 bits per heavy atom. The summed E-state index contributed by atoms with van der Waals surface area (Å²) < 4.78 is 12.1. The number of nitrogens with one attached hydrogen (secondary N) is 1. The van der Waals surface area contributed by atoms with Crippen LogP contribution in [0.5, 0.6) is 11.5 Å². The van der Waals surface area contributed by atoms with Crippen molar-refractivity contribution in [3.63, 3.8) is 0 Å². The molecule has 0 heterocycles. The van der Waals surface area contributed by atoms with Gasteiger partial charge in [-0.25, -0.2) is 0 Å². The Morgan fingerprint density at radius 1 is 1.04 bits per heavy atom. The maximum absolute atomic E-state index is 12.4. The van der Waals surface area contributed by atoms with E-state index in [1.54, 1.807) is 0 Å². The molecule has 2 rings (SSSR count). The number of halogens is 1. The fraction of sp³-hybridized carbons (Fsp3) is 0.350. The third-order valence-corrected chi connectivity index (χ3v) is 4.46. The molecule has 0 unspecified atom stereocenters. The zero-order chi connectivity index (χ0) is 18.4. The van der Waals surface area contributed by atoms with Gasteiger partial charge in [-0.05, 0) is 57.0 Å². The normalized spacial score (nSPS) is 10.4. The Kier molecular flexibility index (Phi) is 6.88. The lowest BCUT2D eigenvalue weighted by atomic mass is 10.1. The number of anilines is 1. The number of hydrogen-bond acceptors (Lipinski definition) is 3. The van der Waals surface area contributed by atoms with Gasteiger partial charge < -0.3 is 14.8 Å². The molecular weight excluding hydrogens is 382 g/mol. The van der Waals surface area contributed by atoms with Crippen molar-refractivity contribution in [1.82, 2.24) is 0 Å². The van der Waals surface area contributed by atoms with E-state index in [1.165, 1.54) is 5.56 Å². The maximum Gasteiger partial charge on any atom is 0.228 e. The Hall–Kier alpha value is -2.01. The minimum atomic E-state index is -0.0701. The van der Waals surface area contributed by atoms with E-state index < -0.39 is 0 Å². The summed E-state index contributed by atoms with van der Waals surface area (Å²) in [6.45, 7) is 8.96. The standard InChI is InChI=1S/C20H24BrNO3/c1-5-24-18-10-15(16(21)12-19(18)25-6-2)11-20(23)22-17-8-7-13(3)9-14(17)4/h7-10,12H,5-6,11H2,1-4H3,(H,22,23). The van der Waals surface area contributed by atoms with Crippen LogP contribution in [0.3, 0.4) is 0 Å². The van der Waals surface area contributed by atoms with Crippen molar-refractivity contribution >= 4 is 27.5 Å². The third kappa shape index (κ3) is 5.23. The van der Waals surface area contributed by atoms with Gasteiger partial charge in [-0.15, -0.1) is 0 Å². The molecule has 0 atom stereocenters. The van der Waals surface area contributed by atoms with E-state index in [4.69, 9.17) is 9.47 Å². The summed E-state index contributed by atoms with van der Waals surface area (Å²) in [4.78, 5) is 12.4. The first-order valence-corrected chi connectivity index (χ1v) is 9.19. The Balaban J connectivity index is 2.17. The van der Waals surface area contributed by atoms with Crippen LogP contribution in [0, 0.1) is 13.8 Å². The molecule has 0 saturated carbocycles. The van der Waals surface area contributed by atoms with E-state index in [0.717, 1.165) is 21.3 Å². The van der Waals surface area contributed by atoms with Gasteiger partial charge in [-0.3, -0.25) is 4.79 Å². The average Bonchev–Trinajstić information content (AvgIpc) is 2.55. The molecule has 1 N–H and O–H groups in total. The molecule has 134 valence electrons. The monoisotopic (exact) mass is 405 g/mol. The van der Waals surface area contributed by atoms with Crippen LogP contribution in [0.2, 0.25) is 0 Å². The van der Waals surface area contributed by atoms with E-state index in [9.17, 15) is 4.79 Å². The van der Waals surface area contributed by atoms with Crippen molar-refractivity contribution in [1.29, 1.82) is 0 Å². The first kappa shape index (κ1) is 19.3. The lowest BCUT2D eigenvalue weighted by Gasteiger charge is -2.15. The van der Waals surface area contributed by atoms with Gasteiger partial charge in [0.2, 0.25) is 5.91 Å². The van der Waals surface area contributed by atoms with Crippen LogP contribution in [-0.4, -0.2) is 19.1 Å². The molecule has 0 spiro atoms. The minimum absolute atomic E-state index is 0.0701. The van der Waals surface area contributed by atoms with Crippen LogP contribution >= 0.6 is 15.9 Å². The number of hydrogen-bond donors (Lipinski definition) is 1. The Bertz CT molecular complexity index is 759. The molecule has 1 amide bonds. The summed E-state index contributed by atoms with van der Waals surface area (Å²) >= 11 is 3.52. The van der Waals surface area contributed by atoms with Gasteiger partial charge in [0.15, 0.2) is 11.5 Å². The number of carbonyl (C=O) groups excluding carboxylic acids is 1. The van der Waals surface area contributed by atoms with Crippen LogP contribution in [0.25, 0.3) is 0 Å².